The van der Waals surface area contributed by atoms with E-state index in [1.165, 1.54) is 24.3 Å². The van der Waals surface area contributed by atoms with Gasteiger partial charge in [-0.3, -0.25) is 27.8 Å². The van der Waals surface area contributed by atoms with Gasteiger partial charge in [0.15, 0.2) is 5.71 Å². The number of hydrogen-bond donors (Lipinski definition) is 6. The molecule has 72 heavy (non-hydrogen) atoms. The summed E-state index contributed by atoms with van der Waals surface area (Å²) < 4.78 is 143. The molecule has 0 amide bonds. The average molecular weight is 1070 g/mol. The predicted molar refractivity (Wildman–Crippen MR) is 270 cm³/mol. The number of unbranched alkanes of at least 4 members (excludes halogenated alkanes) is 4. The molecule has 0 atom stereocenters. The van der Waals surface area contributed by atoms with Crippen LogP contribution in [0, 0.1) is 0 Å². The van der Waals surface area contributed by atoms with Gasteiger partial charge in [0.05, 0.1) is 15.2 Å². The Labute approximate surface area is 418 Å². The second-order valence-electron chi connectivity index (χ2n) is 19.4. The normalized spacial score (nSPS) is 18.2. The molecule has 0 spiro atoms. The van der Waals surface area contributed by atoms with E-state index in [0.29, 0.717) is 99.1 Å². The van der Waals surface area contributed by atoms with Crippen molar-refractivity contribution in [2.24, 2.45) is 0 Å². The fourth-order valence-corrected chi connectivity index (χ4v) is 13.1. The highest BCUT2D eigenvalue weighted by atomic mass is 32.2. The van der Waals surface area contributed by atoms with Crippen LogP contribution in [0.4, 0.5) is 11.4 Å². The van der Waals surface area contributed by atoms with E-state index in [-0.39, 0.29) is 34.4 Å². The van der Waals surface area contributed by atoms with Crippen molar-refractivity contribution >= 4 is 91.0 Å². The molecule has 6 N–H and O–H groups in total. The smallest absolute Gasteiger partial charge is 0.303 e. The van der Waals surface area contributed by atoms with Gasteiger partial charge in [0.2, 0.25) is 5.69 Å². The molecule has 0 saturated heterocycles. The molecule has 18 nitrogen and oxygen atoms in total. The van der Waals surface area contributed by atoms with Crippen LogP contribution in [-0.2, 0) is 60.9 Å². The molecule has 2 aliphatic heterocycles. The van der Waals surface area contributed by atoms with Crippen LogP contribution in [0.5, 0.6) is 0 Å². The highest BCUT2D eigenvalue weighted by molar-refractivity contribution is 7.87. The van der Waals surface area contributed by atoms with Crippen molar-refractivity contribution in [1.82, 2.24) is 0 Å². The number of fused-ring (bicyclic) bond motifs is 6. The minimum atomic E-state index is -4.97. The van der Waals surface area contributed by atoms with Crippen molar-refractivity contribution in [2.45, 2.75) is 129 Å². The Morgan fingerprint density at radius 2 is 1.15 bits per heavy atom. The van der Waals surface area contributed by atoms with Crippen molar-refractivity contribution < 1.29 is 76.3 Å². The SMILES string of the molecule is CC1(C)C(/C=C/C2=CC(=C/C=C3/N(CCCCCC(=O)O)c4ccc5c(S(=O)(=O)O)cc(S(=O)(=O)O)cc5c4C3(C)C)/CCC2)=[N+](CCCCCC(=O)O)c2ccc3c(S(=O)(=O)O)cc(S(=O)(=O)O)cc3c21. The minimum Gasteiger partial charge on any atom is -0.481 e. The van der Waals surface area contributed by atoms with Gasteiger partial charge in [0.1, 0.15) is 16.3 Å². The fraction of sp³-hybridized carbons (Fsp3) is 0.380. The molecule has 7 rings (SSSR count). The van der Waals surface area contributed by atoms with E-state index in [1.54, 1.807) is 12.1 Å². The molecule has 0 radical (unpaired) electrons. The molecule has 0 bridgehead atoms. The van der Waals surface area contributed by atoms with E-state index in [9.17, 15) is 71.7 Å². The van der Waals surface area contributed by atoms with Gasteiger partial charge in [-0.15, -0.1) is 0 Å². The van der Waals surface area contributed by atoms with Crippen molar-refractivity contribution in [3.8, 4) is 0 Å². The number of carboxylic acid groups (broad SMARTS) is 2. The van der Waals surface area contributed by atoms with Gasteiger partial charge in [-0.2, -0.15) is 38.2 Å². The number of allylic oxidation sites excluding steroid dienone is 8. The Kier molecular flexibility index (Phi) is 15.1. The van der Waals surface area contributed by atoms with Crippen LogP contribution >= 0.6 is 0 Å². The molecule has 22 heteroatoms. The van der Waals surface area contributed by atoms with Crippen LogP contribution in [0.3, 0.4) is 0 Å². The van der Waals surface area contributed by atoms with E-state index >= 15 is 0 Å². The fourth-order valence-electron chi connectivity index (χ4n) is 10.4. The maximum Gasteiger partial charge on any atom is 0.303 e. The standard InChI is InChI=1S/C50H56N2O16S4/c1-49(2)43(51(24-9-5-7-14-45(53)54)39-20-18-35-37(47(39)49)27-33(69(57,58)59)29-41(35)71(63,64)65)22-16-31-12-11-13-32(26-31)17-23-44-50(3,4)48-38-28-34(70(60,61)62)30-42(72(66,67)68)36(38)19-21-40(48)52(44)25-10-6-8-15-46(55)56/h16-23,26-30H,5-15,24-25H2,1-4H3,(H5-,53,54,55,56,57,58,59,60,61,62,63,64,65,66,67,68)/p+1. The lowest BCUT2D eigenvalue weighted by atomic mass is 9.78. The lowest BCUT2D eigenvalue weighted by molar-refractivity contribution is -0.438. The second kappa shape index (κ2) is 20.0. The Morgan fingerprint density at radius 1 is 0.611 bits per heavy atom. The lowest BCUT2D eigenvalue weighted by Gasteiger charge is -2.27. The molecule has 4 aromatic carbocycles. The Hall–Kier alpha value is -5.59. The summed E-state index contributed by atoms with van der Waals surface area (Å²) in [6.45, 7) is 8.41. The van der Waals surface area contributed by atoms with E-state index in [2.05, 4.69) is 0 Å². The summed E-state index contributed by atoms with van der Waals surface area (Å²) in [4.78, 5) is 21.8. The van der Waals surface area contributed by atoms with Gasteiger partial charge in [0.25, 0.3) is 40.5 Å². The molecular weight excluding hydrogens is 1010 g/mol. The maximum atomic E-state index is 12.6. The summed E-state index contributed by atoms with van der Waals surface area (Å²) >= 11 is 0. The topological polar surface area (TPSA) is 298 Å². The van der Waals surface area contributed by atoms with Gasteiger partial charge in [0, 0.05) is 71.1 Å². The zero-order valence-electron chi connectivity index (χ0n) is 40.0. The zero-order chi connectivity index (χ0) is 52.9. The molecular formula is C50H57N2O16S4+. The number of nitrogens with zero attached hydrogens (tertiary/aromatic N) is 2. The molecule has 0 aromatic heterocycles. The third-order valence-corrected chi connectivity index (χ3v) is 17.2. The van der Waals surface area contributed by atoms with Crippen LogP contribution in [0.2, 0.25) is 0 Å². The van der Waals surface area contributed by atoms with E-state index in [0.717, 1.165) is 29.0 Å². The van der Waals surface area contributed by atoms with Gasteiger partial charge in [-0.1, -0.05) is 44.6 Å². The van der Waals surface area contributed by atoms with E-state index < -0.39 is 82.8 Å². The van der Waals surface area contributed by atoms with Crippen molar-refractivity contribution in [2.75, 3.05) is 18.0 Å². The number of carbonyl (C=O) groups is 2. The van der Waals surface area contributed by atoms with E-state index in [4.69, 9.17) is 0 Å². The molecule has 3 aliphatic rings. The predicted octanol–water partition coefficient (Wildman–Crippen LogP) is 8.92. The first kappa shape index (κ1) is 54.2. The summed E-state index contributed by atoms with van der Waals surface area (Å²) in [5.74, 6) is -1.83. The number of anilines is 1. The first-order valence-electron chi connectivity index (χ1n) is 23.2. The molecule has 0 unspecified atom stereocenters. The minimum absolute atomic E-state index is 0.00947. The van der Waals surface area contributed by atoms with E-state index in [1.807, 2.05) is 67.6 Å². The van der Waals surface area contributed by atoms with Crippen LogP contribution < -0.4 is 4.90 Å². The first-order chi connectivity index (χ1) is 33.4. The Morgan fingerprint density at radius 3 is 1.69 bits per heavy atom. The summed E-state index contributed by atoms with van der Waals surface area (Å²) in [7, 11) is -19.8. The number of carboxylic acids is 2. The Balaban J connectivity index is 1.31. The highest BCUT2D eigenvalue weighted by Crippen LogP contribution is 2.52. The van der Waals surface area contributed by atoms with Crippen LogP contribution in [0.1, 0.15) is 109 Å². The Bertz CT molecular complexity index is 3570. The van der Waals surface area contributed by atoms with Crippen LogP contribution in [-0.4, -0.2) is 97.4 Å². The number of rotatable bonds is 19. The molecule has 0 saturated carbocycles. The van der Waals surface area contributed by atoms with Crippen molar-refractivity contribution in [3.63, 3.8) is 0 Å². The van der Waals surface area contributed by atoms with Gasteiger partial charge < -0.3 is 15.1 Å². The van der Waals surface area contributed by atoms with Gasteiger partial charge in [-0.05, 0) is 129 Å². The van der Waals surface area contributed by atoms with Crippen molar-refractivity contribution in [3.05, 3.63) is 107 Å². The lowest BCUT2D eigenvalue weighted by Crippen LogP contribution is -2.28. The zero-order valence-corrected chi connectivity index (χ0v) is 43.3. The number of aliphatic carboxylic acids is 2. The summed E-state index contributed by atoms with van der Waals surface area (Å²) in [6.07, 6.45) is 15.2. The average Bonchev–Trinajstić information content (AvgIpc) is 3.63. The van der Waals surface area contributed by atoms with Crippen LogP contribution in [0.15, 0.2) is 115 Å². The number of benzene rings is 4. The quantitative estimate of drug-likeness (QED) is 0.0290. The molecule has 1 aliphatic carbocycles. The molecule has 2 heterocycles. The molecule has 4 aromatic rings. The maximum absolute atomic E-state index is 12.6. The highest BCUT2D eigenvalue weighted by Gasteiger charge is 2.46. The molecule has 386 valence electrons. The van der Waals surface area contributed by atoms with Crippen molar-refractivity contribution in [1.29, 1.82) is 0 Å². The van der Waals surface area contributed by atoms with Gasteiger partial charge in [-0.25, -0.2) is 0 Å². The summed E-state index contributed by atoms with van der Waals surface area (Å²) in [5, 5.41) is 18.9. The number of hydrogen-bond acceptors (Lipinski definition) is 11. The third-order valence-electron chi connectivity index (χ3n) is 13.7. The largest absolute Gasteiger partial charge is 0.481 e. The third kappa shape index (κ3) is 11.1. The second-order valence-corrected chi connectivity index (χ2v) is 25.0. The first-order valence-corrected chi connectivity index (χ1v) is 29.0. The van der Waals surface area contributed by atoms with Crippen LogP contribution in [0.25, 0.3) is 21.5 Å². The molecule has 0 fully saturated rings. The summed E-state index contributed by atoms with van der Waals surface area (Å²) in [6, 6.07) is 10.1. The summed E-state index contributed by atoms with van der Waals surface area (Å²) in [5.41, 5.74) is 3.94. The van der Waals surface area contributed by atoms with Gasteiger partial charge >= 0.3 is 11.9 Å². The monoisotopic (exact) mass is 1070 g/mol.